The zero-order chi connectivity index (χ0) is 23.2. The fraction of sp³-hybridized carbons (Fsp3) is 0.263. The predicted molar refractivity (Wildman–Crippen MR) is 116 cm³/mol. The molecule has 166 valence electrons. The quantitative estimate of drug-likeness (QED) is 0.346. The van der Waals surface area contributed by atoms with Gasteiger partial charge < -0.3 is 0 Å². The van der Waals surface area contributed by atoms with E-state index in [0.717, 1.165) is 0 Å². The summed E-state index contributed by atoms with van der Waals surface area (Å²) in [5.41, 5.74) is 3.68. The summed E-state index contributed by atoms with van der Waals surface area (Å²) in [5.74, 6) is -1.64. The molecule has 0 saturated carbocycles. The van der Waals surface area contributed by atoms with Crippen LogP contribution in [0.3, 0.4) is 0 Å². The van der Waals surface area contributed by atoms with E-state index in [9.17, 15) is 28.1 Å². The average molecular weight is 467 g/mol. The predicted octanol–water partition coefficient (Wildman–Crippen LogP) is 2.42. The van der Waals surface area contributed by atoms with Gasteiger partial charge in [-0.25, -0.2) is 8.42 Å². The summed E-state index contributed by atoms with van der Waals surface area (Å²) in [6.45, 7) is 3.97. The second kappa shape index (κ2) is 10.4. The van der Waals surface area contributed by atoms with Crippen LogP contribution >= 0.6 is 11.8 Å². The van der Waals surface area contributed by atoms with Crippen LogP contribution in [-0.4, -0.2) is 48.8 Å². The maximum absolute atomic E-state index is 12.6. The van der Waals surface area contributed by atoms with E-state index in [-0.39, 0.29) is 29.1 Å². The van der Waals surface area contributed by atoms with Gasteiger partial charge in [0.2, 0.25) is 10.0 Å². The molecule has 10 nitrogen and oxygen atoms in total. The van der Waals surface area contributed by atoms with E-state index in [2.05, 4.69) is 10.9 Å². The lowest BCUT2D eigenvalue weighted by Gasteiger charge is -2.18. The molecule has 2 rings (SSSR count). The molecular formula is C19H22N4O6S2. The summed E-state index contributed by atoms with van der Waals surface area (Å²) in [5, 5.41) is 11.2. The van der Waals surface area contributed by atoms with Crippen molar-refractivity contribution in [3.05, 3.63) is 63.7 Å². The molecule has 0 spiro atoms. The maximum atomic E-state index is 12.6. The molecule has 0 aromatic heterocycles. The number of rotatable bonds is 8. The van der Waals surface area contributed by atoms with Crippen molar-refractivity contribution in [2.45, 2.75) is 23.6 Å². The SMILES string of the molecule is CCN(CC)S(=O)(=O)c1cccc(C(=O)NNC(=O)c2cc(SC)ccc2[N+](=O)[O-])c1. The van der Waals surface area contributed by atoms with Crippen LogP contribution in [0.4, 0.5) is 5.69 Å². The van der Waals surface area contributed by atoms with E-state index in [4.69, 9.17) is 0 Å². The van der Waals surface area contributed by atoms with Gasteiger partial charge in [-0.05, 0) is 36.6 Å². The number of nitro benzene ring substituents is 1. The summed E-state index contributed by atoms with van der Waals surface area (Å²) >= 11 is 1.30. The van der Waals surface area contributed by atoms with Gasteiger partial charge >= 0.3 is 0 Å². The third-order valence-electron chi connectivity index (χ3n) is 4.37. The third kappa shape index (κ3) is 5.60. The van der Waals surface area contributed by atoms with Crippen LogP contribution in [0.5, 0.6) is 0 Å². The number of carbonyl (C=O) groups is 2. The Balaban J connectivity index is 2.21. The Hall–Kier alpha value is -2.96. The monoisotopic (exact) mass is 466 g/mol. The molecule has 0 unspecified atom stereocenters. The van der Waals surface area contributed by atoms with Crippen molar-refractivity contribution < 1.29 is 22.9 Å². The highest BCUT2D eigenvalue weighted by molar-refractivity contribution is 7.98. The molecule has 31 heavy (non-hydrogen) atoms. The number of carbonyl (C=O) groups excluding carboxylic acids is 2. The van der Waals surface area contributed by atoms with Gasteiger partial charge in [-0.2, -0.15) is 4.31 Å². The van der Waals surface area contributed by atoms with E-state index in [0.29, 0.717) is 4.90 Å². The van der Waals surface area contributed by atoms with Crippen LogP contribution in [0.1, 0.15) is 34.6 Å². The molecule has 0 aliphatic carbocycles. The van der Waals surface area contributed by atoms with Crippen LogP contribution in [0, 0.1) is 10.1 Å². The topological polar surface area (TPSA) is 139 Å². The number of sulfonamides is 1. The highest BCUT2D eigenvalue weighted by Crippen LogP contribution is 2.24. The largest absolute Gasteiger partial charge is 0.282 e. The first-order valence-corrected chi connectivity index (χ1v) is 11.9. The summed E-state index contributed by atoms with van der Waals surface area (Å²) in [7, 11) is -3.77. The normalized spacial score (nSPS) is 11.2. The zero-order valence-electron chi connectivity index (χ0n) is 17.1. The molecule has 0 aliphatic heterocycles. The number of hydrogen-bond acceptors (Lipinski definition) is 7. The summed E-state index contributed by atoms with van der Waals surface area (Å²) in [6.07, 6.45) is 1.75. The van der Waals surface area contributed by atoms with Gasteiger partial charge in [0.1, 0.15) is 5.56 Å². The molecule has 2 aromatic carbocycles. The second-order valence-corrected chi connectivity index (χ2v) is 8.98. The van der Waals surface area contributed by atoms with Crippen molar-refractivity contribution in [2.24, 2.45) is 0 Å². The first-order valence-electron chi connectivity index (χ1n) is 9.19. The number of hydrogen-bond donors (Lipinski definition) is 2. The number of nitrogens with one attached hydrogen (secondary N) is 2. The minimum Gasteiger partial charge on any atom is -0.267 e. The van der Waals surface area contributed by atoms with Gasteiger partial charge in [0.15, 0.2) is 0 Å². The molecule has 0 aliphatic rings. The number of amides is 2. The van der Waals surface area contributed by atoms with Gasteiger partial charge in [-0.1, -0.05) is 19.9 Å². The molecule has 0 atom stereocenters. The van der Waals surface area contributed by atoms with Gasteiger partial charge in [-0.15, -0.1) is 11.8 Å². The number of nitro groups is 1. The summed E-state index contributed by atoms with van der Waals surface area (Å²) in [4.78, 5) is 35.9. The molecule has 12 heteroatoms. The van der Waals surface area contributed by atoms with E-state index in [1.165, 1.54) is 58.5 Å². The van der Waals surface area contributed by atoms with Crippen LogP contribution in [-0.2, 0) is 10.0 Å². The Morgan fingerprint density at radius 2 is 1.71 bits per heavy atom. The molecule has 2 amide bonds. The van der Waals surface area contributed by atoms with E-state index in [1.807, 2.05) is 0 Å². The molecule has 0 fully saturated rings. The number of thioether (sulfide) groups is 1. The second-order valence-electron chi connectivity index (χ2n) is 6.17. The number of nitrogens with zero attached hydrogens (tertiary/aromatic N) is 2. The van der Waals surface area contributed by atoms with Gasteiger partial charge in [0.05, 0.1) is 9.82 Å². The van der Waals surface area contributed by atoms with Gasteiger partial charge in [0, 0.05) is 29.6 Å². The van der Waals surface area contributed by atoms with Crippen molar-refractivity contribution in [3.63, 3.8) is 0 Å². The molecule has 0 radical (unpaired) electrons. The third-order valence-corrected chi connectivity index (χ3v) is 7.15. The fourth-order valence-electron chi connectivity index (χ4n) is 2.75. The van der Waals surface area contributed by atoms with Crippen molar-refractivity contribution in [2.75, 3.05) is 19.3 Å². The molecule has 2 aromatic rings. The standard InChI is InChI=1S/C19H22N4O6S2/c1-4-22(5-2)31(28,29)15-8-6-7-13(11-15)18(24)20-21-19(25)16-12-14(30-3)9-10-17(16)23(26)27/h6-12H,4-5H2,1-3H3,(H,20,24)(H,21,25). The highest BCUT2D eigenvalue weighted by Gasteiger charge is 2.24. The number of benzene rings is 2. The minimum absolute atomic E-state index is 0.000829. The molecule has 0 heterocycles. The molecule has 2 N–H and O–H groups in total. The maximum Gasteiger partial charge on any atom is 0.282 e. The lowest BCUT2D eigenvalue weighted by Crippen LogP contribution is -2.42. The van der Waals surface area contributed by atoms with E-state index < -0.39 is 32.4 Å². The number of hydrazine groups is 1. The molecule has 0 bridgehead atoms. The van der Waals surface area contributed by atoms with Gasteiger partial charge in [-0.3, -0.25) is 30.6 Å². The Labute approximate surface area is 184 Å². The zero-order valence-corrected chi connectivity index (χ0v) is 18.7. The summed E-state index contributed by atoms with van der Waals surface area (Å²) in [6, 6.07) is 9.46. The first-order chi connectivity index (χ1) is 14.6. The average Bonchev–Trinajstić information content (AvgIpc) is 2.77. The highest BCUT2D eigenvalue weighted by atomic mass is 32.2. The van der Waals surface area contributed by atoms with Crippen molar-refractivity contribution in [3.8, 4) is 0 Å². The molecule has 0 saturated heterocycles. The smallest absolute Gasteiger partial charge is 0.267 e. The lowest BCUT2D eigenvalue weighted by molar-refractivity contribution is -0.385. The first kappa shape index (κ1) is 24.3. The summed E-state index contributed by atoms with van der Waals surface area (Å²) < 4.78 is 26.5. The van der Waals surface area contributed by atoms with Crippen molar-refractivity contribution >= 4 is 39.3 Å². The Kier molecular flexibility index (Phi) is 8.14. The van der Waals surface area contributed by atoms with Crippen LogP contribution in [0.15, 0.2) is 52.3 Å². The van der Waals surface area contributed by atoms with Crippen LogP contribution < -0.4 is 10.9 Å². The molecular weight excluding hydrogens is 444 g/mol. The Morgan fingerprint density at radius 1 is 1.06 bits per heavy atom. The van der Waals surface area contributed by atoms with E-state index >= 15 is 0 Å². The minimum atomic E-state index is -3.77. The van der Waals surface area contributed by atoms with Crippen molar-refractivity contribution in [1.29, 1.82) is 0 Å². The Morgan fingerprint density at radius 3 is 2.29 bits per heavy atom. The van der Waals surface area contributed by atoms with Crippen LogP contribution in [0.25, 0.3) is 0 Å². The van der Waals surface area contributed by atoms with E-state index in [1.54, 1.807) is 20.1 Å². The lowest BCUT2D eigenvalue weighted by atomic mass is 10.1. The Bertz CT molecular complexity index is 1100. The van der Waals surface area contributed by atoms with Crippen molar-refractivity contribution in [1.82, 2.24) is 15.2 Å². The fourth-order valence-corrected chi connectivity index (χ4v) is 4.69. The van der Waals surface area contributed by atoms with Gasteiger partial charge in [0.25, 0.3) is 17.5 Å². The van der Waals surface area contributed by atoms with Crippen LogP contribution in [0.2, 0.25) is 0 Å².